The van der Waals surface area contributed by atoms with E-state index in [9.17, 15) is 4.79 Å². The second-order valence-corrected chi connectivity index (χ2v) is 10.5. The monoisotopic (exact) mass is 544 g/mol. The number of anilines is 2. The van der Waals surface area contributed by atoms with Gasteiger partial charge in [0.25, 0.3) is 0 Å². The number of amides is 1. The molecule has 1 fully saturated rings. The van der Waals surface area contributed by atoms with Gasteiger partial charge in [-0.3, -0.25) is 9.78 Å². The summed E-state index contributed by atoms with van der Waals surface area (Å²) in [6, 6.07) is 23.6. The number of rotatable bonds is 8. The summed E-state index contributed by atoms with van der Waals surface area (Å²) in [5.41, 5.74) is 4.60. The van der Waals surface area contributed by atoms with Gasteiger partial charge >= 0.3 is 0 Å². The van der Waals surface area contributed by atoms with Crippen LogP contribution in [0.25, 0.3) is 0 Å². The van der Waals surface area contributed by atoms with E-state index in [0.29, 0.717) is 5.11 Å². The van der Waals surface area contributed by atoms with E-state index >= 15 is 0 Å². The van der Waals surface area contributed by atoms with Gasteiger partial charge in [0.05, 0.1) is 11.7 Å². The number of benzene rings is 2. The number of thiocarbonyl (C=S) groups is 1. The molecular weight excluding hydrogens is 516 g/mol. The van der Waals surface area contributed by atoms with Crippen molar-refractivity contribution in [2.45, 2.75) is 35.9 Å². The molecule has 9 heteroatoms. The maximum atomic E-state index is 12.0. The van der Waals surface area contributed by atoms with Crippen LogP contribution in [0.3, 0.4) is 0 Å². The Morgan fingerprint density at radius 3 is 2.66 bits per heavy atom. The van der Waals surface area contributed by atoms with Crippen molar-refractivity contribution in [1.29, 1.82) is 0 Å². The molecule has 1 amide bonds. The molecule has 1 saturated heterocycles. The fraction of sp³-hybridized carbons (Fsp3) is 0.207. The van der Waals surface area contributed by atoms with E-state index < -0.39 is 0 Å². The normalized spacial score (nSPS) is 16.9. The first-order valence-electron chi connectivity index (χ1n) is 12.2. The molecule has 194 valence electrons. The molecule has 2 N–H and O–H groups in total. The standard InChI is InChI=1S/C29H28N4O3S2/c1-18-7-10-21(11-8-18)38-26-14-13-24(36-26)28-27(23-6-4-5-15-30-23)32-29(37)33(28)20-9-12-22(19(2)16-20)31-25(34)17-35-3/h4-16,27-28H,17H2,1-3H3,(H,31,34)(H,32,37)/t27-,28-/m1/s1. The lowest BCUT2D eigenvalue weighted by molar-refractivity contribution is -0.119. The summed E-state index contributed by atoms with van der Waals surface area (Å²) in [4.78, 5) is 19.8. The van der Waals surface area contributed by atoms with E-state index in [1.807, 2.05) is 55.5 Å². The van der Waals surface area contributed by atoms with Gasteiger partial charge in [0, 0.05) is 29.6 Å². The van der Waals surface area contributed by atoms with Crippen LogP contribution < -0.4 is 15.5 Å². The molecule has 3 heterocycles. The lowest BCUT2D eigenvalue weighted by Gasteiger charge is -2.26. The Morgan fingerprint density at radius 2 is 1.95 bits per heavy atom. The Balaban J connectivity index is 1.48. The van der Waals surface area contributed by atoms with Crippen molar-refractivity contribution in [3.8, 4) is 0 Å². The summed E-state index contributed by atoms with van der Waals surface area (Å²) >= 11 is 7.42. The van der Waals surface area contributed by atoms with Crippen molar-refractivity contribution < 1.29 is 13.9 Å². The van der Waals surface area contributed by atoms with Crippen molar-refractivity contribution in [2.24, 2.45) is 0 Å². The average molecular weight is 545 g/mol. The molecule has 0 unspecified atom stereocenters. The molecular formula is C29H28N4O3S2. The predicted molar refractivity (Wildman–Crippen MR) is 154 cm³/mol. The number of carbonyl (C=O) groups excluding carboxylic acids is 1. The van der Waals surface area contributed by atoms with Crippen molar-refractivity contribution >= 4 is 46.4 Å². The van der Waals surface area contributed by atoms with E-state index in [-0.39, 0.29) is 24.6 Å². The molecule has 2 aromatic carbocycles. The first-order chi connectivity index (χ1) is 18.4. The SMILES string of the molecule is COCC(=O)Nc1ccc(N2C(=S)N[C@H](c3ccccn3)[C@H]2c2ccc(Sc3ccc(C)cc3)o2)cc1C. The molecule has 2 atom stereocenters. The predicted octanol–water partition coefficient (Wildman–Crippen LogP) is 6.20. The molecule has 0 spiro atoms. The zero-order valence-corrected chi connectivity index (χ0v) is 22.9. The van der Waals surface area contributed by atoms with Gasteiger partial charge in [-0.05, 0) is 86.2 Å². The van der Waals surface area contributed by atoms with E-state index in [1.165, 1.54) is 12.7 Å². The van der Waals surface area contributed by atoms with Crippen LogP contribution in [0.1, 0.15) is 34.7 Å². The van der Waals surface area contributed by atoms with Gasteiger partial charge < -0.3 is 24.7 Å². The van der Waals surface area contributed by atoms with E-state index in [4.69, 9.17) is 21.4 Å². The van der Waals surface area contributed by atoms with Crippen LogP contribution in [-0.2, 0) is 9.53 Å². The maximum absolute atomic E-state index is 12.0. The summed E-state index contributed by atoms with van der Waals surface area (Å²) in [6.07, 6.45) is 1.78. The summed E-state index contributed by atoms with van der Waals surface area (Å²) in [7, 11) is 1.49. The van der Waals surface area contributed by atoms with Crippen LogP contribution in [-0.4, -0.2) is 29.7 Å². The number of pyridine rings is 1. The quantitative estimate of drug-likeness (QED) is 0.254. The third-order valence-corrected chi connectivity index (χ3v) is 7.51. The lowest BCUT2D eigenvalue weighted by atomic mass is 10.0. The van der Waals surface area contributed by atoms with Gasteiger partial charge in [-0.15, -0.1) is 0 Å². The first kappa shape index (κ1) is 26.0. The molecule has 0 saturated carbocycles. The number of aryl methyl sites for hydroxylation is 2. The Kier molecular flexibility index (Phi) is 7.78. The number of ether oxygens (including phenoxy) is 1. The molecule has 7 nitrogen and oxygen atoms in total. The molecule has 38 heavy (non-hydrogen) atoms. The van der Waals surface area contributed by atoms with Crippen LogP contribution in [0.4, 0.5) is 11.4 Å². The summed E-state index contributed by atoms with van der Waals surface area (Å²) in [6.45, 7) is 4.02. The third kappa shape index (κ3) is 5.60. The Morgan fingerprint density at radius 1 is 1.13 bits per heavy atom. The van der Waals surface area contributed by atoms with Crippen molar-refractivity contribution in [2.75, 3.05) is 23.9 Å². The van der Waals surface area contributed by atoms with Gasteiger partial charge in [0.15, 0.2) is 10.2 Å². The average Bonchev–Trinajstić information content (AvgIpc) is 3.51. The Labute approximate surface area is 231 Å². The van der Waals surface area contributed by atoms with Gasteiger partial charge in [-0.2, -0.15) is 0 Å². The smallest absolute Gasteiger partial charge is 0.250 e. The number of hydrogen-bond acceptors (Lipinski definition) is 6. The highest BCUT2D eigenvalue weighted by molar-refractivity contribution is 7.99. The number of aromatic nitrogens is 1. The van der Waals surface area contributed by atoms with Crippen molar-refractivity contribution in [1.82, 2.24) is 10.3 Å². The molecule has 0 bridgehead atoms. The number of nitrogens with one attached hydrogen (secondary N) is 2. The third-order valence-electron chi connectivity index (χ3n) is 6.27. The Bertz CT molecular complexity index is 1440. The molecule has 1 aliphatic rings. The van der Waals surface area contributed by atoms with Crippen LogP contribution in [0.5, 0.6) is 0 Å². The second-order valence-electron chi connectivity index (χ2n) is 9.05. The summed E-state index contributed by atoms with van der Waals surface area (Å²) < 4.78 is 11.3. The van der Waals surface area contributed by atoms with Gasteiger partial charge in [-0.25, -0.2) is 0 Å². The first-order valence-corrected chi connectivity index (χ1v) is 13.4. The van der Waals surface area contributed by atoms with Crippen molar-refractivity contribution in [3.63, 3.8) is 0 Å². The van der Waals surface area contributed by atoms with Crippen LogP contribution in [0.2, 0.25) is 0 Å². The minimum Gasteiger partial charge on any atom is -0.452 e. The molecule has 4 aromatic rings. The van der Waals surface area contributed by atoms with Gasteiger partial charge in [-0.1, -0.05) is 35.5 Å². The highest BCUT2D eigenvalue weighted by Gasteiger charge is 2.42. The fourth-order valence-corrected chi connectivity index (χ4v) is 5.57. The molecule has 1 aliphatic heterocycles. The van der Waals surface area contributed by atoms with Crippen LogP contribution in [0.15, 0.2) is 93.4 Å². The van der Waals surface area contributed by atoms with Gasteiger partial charge in [0.1, 0.15) is 18.4 Å². The minimum atomic E-state index is -0.266. The zero-order chi connectivity index (χ0) is 26.6. The summed E-state index contributed by atoms with van der Waals surface area (Å²) in [5, 5.41) is 7.72. The maximum Gasteiger partial charge on any atom is 0.250 e. The van der Waals surface area contributed by atoms with E-state index in [1.54, 1.807) is 18.0 Å². The Hall–Kier alpha value is -3.66. The lowest BCUT2D eigenvalue weighted by Crippen LogP contribution is -2.29. The molecule has 5 rings (SSSR count). The number of carbonyl (C=O) groups is 1. The van der Waals surface area contributed by atoms with Crippen molar-refractivity contribution in [3.05, 3.63) is 102 Å². The zero-order valence-electron chi connectivity index (χ0n) is 21.3. The molecule has 0 aliphatic carbocycles. The topological polar surface area (TPSA) is 79.6 Å². The summed E-state index contributed by atoms with van der Waals surface area (Å²) in [5.74, 6) is 0.571. The fourth-order valence-electron chi connectivity index (χ4n) is 4.45. The van der Waals surface area contributed by atoms with E-state index in [2.05, 4.69) is 51.7 Å². The van der Waals surface area contributed by atoms with E-state index in [0.717, 1.165) is 38.4 Å². The second kappa shape index (κ2) is 11.4. The molecule has 0 radical (unpaired) electrons. The van der Waals surface area contributed by atoms with Gasteiger partial charge in [0.2, 0.25) is 5.91 Å². The highest BCUT2D eigenvalue weighted by atomic mass is 32.2. The number of hydrogen-bond donors (Lipinski definition) is 2. The number of methoxy groups -OCH3 is 1. The minimum absolute atomic E-state index is 0.00339. The van der Waals surface area contributed by atoms with Crippen LogP contribution in [0, 0.1) is 13.8 Å². The number of nitrogens with zero attached hydrogens (tertiary/aromatic N) is 2. The molecule has 2 aromatic heterocycles. The van der Waals surface area contributed by atoms with Crippen LogP contribution >= 0.6 is 24.0 Å². The largest absolute Gasteiger partial charge is 0.452 e. The highest BCUT2D eigenvalue weighted by Crippen LogP contribution is 2.44. The number of furan rings is 1.